The van der Waals surface area contributed by atoms with Crippen molar-refractivity contribution in [1.29, 1.82) is 0 Å². The predicted molar refractivity (Wildman–Crippen MR) is 137 cm³/mol. The number of aliphatic imine (C=N–C) groups is 1. The van der Waals surface area contributed by atoms with E-state index in [9.17, 15) is 4.79 Å². The third-order valence-electron chi connectivity index (χ3n) is 6.71. The summed E-state index contributed by atoms with van der Waals surface area (Å²) in [7, 11) is 0. The Balaban J connectivity index is 1.53. The largest absolute Gasteiger partial charge is 0.422 e. The summed E-state index contributed by atoms with van der Waals surface area (Å²) in [6.07, 6.45) is 8.30. The van der Waals surface area contributed by atoms with Crippen LogP contribution in [0, 0.1) is 5.92 Å². The molecule has 2 atom stereocenters. The summed E-state index contributed by atoms with van der Waals surface area (Å²) >= 11 is 0. The van der Waals surface area contributed by atoms with Crippen molar-refractivity contribution in [2.75, 3.05) is 24.5 Å². The maximum atomic E-state index is 13.1. The number of fused-ring (bicyclic) bond motifs is 2. The molecule has 33 heavy (non-hydrogen) atoms. The molecule has 2 unspecified atom stereocenters. The molecule has 1 saturated heterocycles. The van der Waals surface area contributed by atoms with Gasteiger partial charge in [0, 0.05) is 48.7 Å². The van der Waals surface area contributed by atoms with Crippen molar-refractivity contribution in [3.63, 3.8) is 0 Å². The van der Waals surface area contributed by atoms with Crippen molar-refractivity contribution < 1.29 is 4.42 Å². The lowest BCUT2D eigenvalue weighted by Crippen LogP contribution is -2.49. The fourth-order valence-corrected chi connectivity index (χ4v) is 5.04. The van der Waals surface area contributed by atoms with Gasteiger partial charge in [0.15, 0.2) is 0 Å². The molecule has 1 aromatic heterocycles. The summed E-state index contributed by atoms with van der Waals surface area (Å²) in [5.41, 5.74) is 6.89. The fraction of sp³-hybridized carbons (Fsp3) is 0.357. The molecule has 5 nitrogen and oxygen atoms in total. The van der Waals surface area contributed by atoms with Gasteiger partial charge in [-0.1, -0.05) is 30.4 Å². The third kappa shape index (κ3) is 4.25. The van der Waals surface area contributed by atoms with Crippen LogP contribution in [0.4, 0.5) is 5.69 Å². The van der Waals surface area contributed by atoms with Gasteiger partial charge in [0.1, 0.15) is 5.58 Å². The fourth-order valence-electron chi connectivity index (χ4n) is 5.04. The number of benzene rings is 1. The summed E-state index contributed by atoms with van der Waals surface area (Å²) in [5, 5.41) is 4.37. The standard InChI is InChI=1S/C28H31N3O2/c1-17(2)23-13-18(3)12-21-6-5-7-25(30-27(21)23)24-14-20-8-9-22(15-26(20)33-28(24)32)31-11-10-29-19(4)16-31/h7-9,12-15,19,21,29H,1,5-6,10-11,16H2,2-4H3. The lowest BCUT2D eigenvalue weighted by atomic mass is 9.83. The highest BCUT2D eigenvalue weighted by Crippen LogP contribution is 2.33. The Morgan fingerprint density at radius 1 is 1.30 bits per heavy atom. The third-order valence-corrected chi connectivity index (χ3v) is 6.71. The van der Waals surface area contributed by atoms with Crippen molar-refractivity contribution in [2.45, 2.75) is 39.7 Å². The van der Waals surface area contributed by atoms with Crippen LogP contribution in [0.2, 0.25) is 0 Å². The maximum absolute atomic E-state index is 13.1. The van der Waals surface area contributed by atoms with Crippen LogP contribution in [0.25, 0.3) is 16.7 Å². The molecule has 0 amide bonds. The Hall–Kier alpha value is -3.18. The van der Waals surface area contributed by atoms with Gasteiger partial charge in [0.25, 0.3) is 0 Å². The van der Waals surface area contributed by atoms with Gasteiger partial charge < -0.3 is 14.6 Å². The lowest BCUT2D eigenvalue weighted by molar-refractivity contribution is 0.484. The van der Waals surface area contributed by atoms with Crippen LogP contribution >= 0.6 is 0 Å². The minimum absolute atomic E-state index is 0.243. The van der Waals surface area contributed by atoms with E-state index in [0.717, 1.165) is 60.4 Å². The quantitative estimate of drug-likeness (QED) is 0.662. The van der Waals surface area contributed by atoms with Crippen molar-refractivity contribution in [3.8, 4) is 0 Å². The number of rotatable bonds is 3. The second-order valence-electron chi connectivity index (χ2n) is 9.49. The smallest absolute Gasteiger partial charge is 0.345 e. The van der Waals surface area contributed by atoms with Gasteiger partial charge >= 0.3 is 5.63 Å². The highest BCUT2D eigenvalue weighted by Gasteiger charge is 2.25. The van der Waals surface area contributed by atoms with Crippen LogP contribution in [0.3, 0.4) is 0 Å². The molecule has 2 aliphatic heterocycles. The van der Waals surface area contributed by atoms with Gasteiger partial charge in [0.2, 0.25) is 0 Å². The Bertz CT molecular complexity index is 1310. The average molecular weight is 442 g/mol. The van der Waals surface area contributed by atoms with Gasteiger partial charge in [-0.2, -0.15) is 0 Å². The molecule has 1 fully saturated rings. The molecular weight excluding hydrogens is 410 g/mol. The van der Waals surface area contributed by atoms with Crippen molar-refractivity contribution in [2.24, 2.45) is 10.9 Å². The summed E-state index contributed by atoms with van der Waals surface area (Å²) in [6, 6.07) is 8.51. The number of piperazine rings is 1. The van der Waals surface area contributed by atoms with E-state index in [-0.39, 0.29) is 11.5 Å². The second kappa shape index (κ2) is 8.64. The molecule has 0 saturated carbocycles. The van der Waals surface area contributed by atoms with Crippen LogP contribution in [0.1, 0.15) is 39.2 Å². The molecule has 170 valence electrons. The zero-order valence-corrected chi connectivity index (χ0v) is 19.6. The first-order chi connectivity index (χ1) is 15.9. The zero-order chi connectivity index (χ0) is 23.1. The number of nitrogens with one attached hydrogen (secondary N) is 1. The maximum Gasteiger partial charge on any atom is 0.345 e. The lowest BCUT2D eigenvalue weighted by Gasteiger charge is -2.33. The molecule has 0 bridgehead atoms. The number of allylic oxidation sites excluding steroid dienone is 6. The van der Waals surface area contributed by atoms with Crippen LogP contribution in [-0.2, 0) is 0 Å². The van der Waals surface area contributed by atoms with Crippen LogP contribution < -0.4 is 15.8 Å². The molecular formula is C28H31N3O2. The predicted octanol–water partition coefficient (Wildman–Crippen LogP) is 5.25. The van der Waals surface area contributed by atoms with Crippen LogP contribution in [-0.4, -0.2) is 31.4 Å². The first kappa shape index (κ1) is 21.7. The summed E-state index contributed by atoms with van der Waals surface area (Å²) in [5.74, 6) is 0.243. The molecule has 1 aliphatic carbocycles. The number of anilines is 1. The first-order valence-electron chi connectivity index (χ1n) is 11.8. The summed E-state index contributed by atoms with van der Waals surface area (Å²) in [6.45, 7) is 13.3. The van der Waals surface area contributed by atoms with E-state index in [1.807, 2.05) is 25.1 Å². The van der Waals surface area contributed by atoms with Crippen LogP contribution in [0.15, 0.2) is 80.0 Å². The zero-order valence-electron chi connectivity index (χ0n) is 19.6. The topological polar surface area (TPSA) is 57.8 Å². The van der Waals surface area contributed by atoms with Crippen molar-refractivity contribution in [3.05, 3.63) is 81.8 Å². The van der Waals surface area contributed by atoms with Crippen molar-refractivity contribution >= 4 is 28.1 Å². The van der Waals surface area contributed by atoms with Crippen molar-refractivity contribution in [1.82, 2.24) is 5.32 Å². The molecule has 5 heteroatoms. The van der Waals surface area contributed by atoms with Gasteiger partial charge in [-0.3, -0.25) is 4.99 Å². The molecule has 5 rings (SSSR count). The Morgan fingerprint density at radius 3 is 2.94 bits per heavy atom. The molecule has 0 spiro atoms. The van der Waals surface area contributed by atoms with E-state index in [2.05, 4.69) is 54.9 Å². The van der Waals surface area contributed by atoms with E-state index >= 15 is 0 Å². The minimum Gasteiger partial charge on any atom is -0.422 e. The van der Waals surface area contributed by atoms with Crippen LogP contribution in [0.5, 0.6) is 0 Å². The van der Waals surface area contributed by atoms with Gasteiger partial charge in [-0.25, -0.2) is 4.79 Å². The van der Waals surface area contributed by atoms with E-state index < -0.39 is 0 Å². The number of nitrogens with zero attached hydrogens (tertiary/aromatic N) is 2. The second-order valence-corrected chi connectivity index (χ2v) is 9.49. The summed E-state index contributed by atoms with van der Waals surface area (Å²) < 4.78 is 5.82. The van der Waals surface area contributed by atoms with E-state index in [0.29, 0.717) is 22.9 Å². The molecule has 3 aliphatic rings. The first-order valence-corrected chi connectivity index (χ1v) is 11.8. The van der Waals surface area contributed by atoms with Gasteiger partial charge in [0.05, 0.1) is 17.0 Å². The highest BCUT2D eigenvalue weighted by molar-refractivity contribution is 6.10. The SMILES string of the molecule is C=C(C)C1=CC(C)=CC2CCC=C(c3cc4ccc(N5CCNC(C)C5)cc4oc3=O)N=C12. The highest BCUT2D eigenvalue weighted by atomic mass is 16.4. The van der Waals surface area contributed by atoms with E-state index in [1.165, 1.54) is 5.57 Å². The molecule has 0 radical (unpaired) electrons. The van der Waals surface area contributed by atoms with E-state index in [4.69, 9.17) is 9.41 Å². The molecule has 2 aromatic rings. The Labute approximate surface area is 194 Å². The number of hydrogen-bond acceptors (Lipinski definition) is 5. The monoisotopic (exact) mass is 441 g/mol. The van der Waals surface area contributed by atoms with E-state index in [1.54, 1.807) is 0 Å². The average Bonchev–Trinajstić information content (AvgIpc) is 3.00. The molecule has 3 heterocycles. The Kier molecular flexibility index (Phi) is 5.67. The number of hydrogen-bond donors (Lipinski definition) is 1. The molecule has 1 N–H and O–H groups in total. The Morgan fingerprint density at radius 2 is 2.15 bits per heavy atom. The minimum atomic E-state index is -0.342. The molecule has 1 aromatic carbocycles. The van der Waals surface area contributed by atoms with Gasteiger partial charge in [-0.05, 0) is 63.0 Å². The summed E-state index contributed by atoms with van der Waals surface area (Å²) in [4.78, 5) is 20.4. The normalized spacial score (nSPS) is 23.2. The van der Waals surface area contributed by atoms with Gasteiger partial charge in [-0.15, -0.1) is 0 Å².